The molecule has 0 aliphatic rings. The van der Waals surface area contributed by atoms with E-state index in [4.69, 9.17) is 11.6 Å². The van der Waals surface area contributed by atoms with Crippen LogP contribution in [-0.2, 0) is 7.05 Å². The first-order chi connectivity index (χ1) is 10.1. The molecule has 2 N–H and O–H groups in total. The summed E-state index contributed by atoms with van der Waals surface area (Å²) in [6, 6.07) is 11.7. The number of amides is 1. The second kappa shape index (κ2) is 5.10. The average Bonchev–Trinajstić information content (AvgIpc) is 2.75. The smallest absolute Gasteiger partial charge is 0.261 e. The number of halogens is 1. The number of carbonyl (C=O) groups is 1. The summed E-state index contributed by atoms with van der Waals surface area (Å²) in [4.78, 5) is 16.5. The number of hydrogen-bond donors (Lipinski definition) is 2. The number of nitrogens with one attached hydrogen (secondary N) is 1. The summed E-state index contributed by atoms with van der Waals surface area (Å²) in [7, 11) is 1.80. The number of benzene rings is 2. The van der Waals surface area contributed by atoms with Gasteiger partial charge in [-0.3, -0.25) is 10.1 Å². The highest BCUT2D eigenvalue weighted by atomic mass is 35.5. The number of aromatic nitrogens is 2. The highest BCUT2D eigenvalue weighted by Crippen LogP contribution is 2.23. The number of phenols is 1. The zero-order valence-corrected chi connectivity index (χ0v) is 11.9. The summed E-state index contributed by atoms with van der Waals surface area (Å²) >= 11 is 5.93. The van der Waals surface area contributed by atoms with Crippen LogP contribution in [0.25, 0.3) is 11.0 Å². The molecule has 0 fully saturated rings. The number of fused-ring (bicyclic) bond motifs is 1. The van der Waals surface area contributed by atoms with Gasteiger partial charge in [-0.05, 0) is 30.3 Å². The number of phenolic OH excluding ortho intramolecular Hbond substituents is 1. The summed E-state index contributed by atoms with van der Waals surface area (Å²) in [5.74, 6) is -0.102. The zero-order valence-electron chi connectivity index (χ0n) is 11.2. The van der Waals surface area contributed by atoms with Crippen LogP contribution in [-0.4, -0.2) is 20.6 Å². The van der Waals surface area contributed by atoms with Gasteiger partial charge < -0.3 is 9.67 Å². The average molecular weight is 302 g/mol. The highest BCUT2D eigenvalue weighted by Gasteiger charge is 2.14. The summed E-state index contributed by atoms with van der Waals surface area (Å²) in [5.41, 5.74) is 1.74. The first kappa shape index (κ1) is 13.5. The number of aromatic hydroxyl groups is 1. The first-order valence-corrected chi connectivity index (χ1v) is 6.65. The second-order valence-electron chi connectivity index (χ2n) is 4.60. The van der Waals surface area contributed by atoms with Crippen LogP contribution in [0.4, 0.5) is 5.95 Å². The molecule has 0 saturated carbocycles. The number of aryl methyl sites for hydroxylation is 1. The monoisotopic (exact) mass is 301 g/mol. The van der Waals surface area contributed by atoms with E-state index >= 15 is 0 Å². The van der Waals surface area contributed by atoms with Gasteiger partial charge in [-0.2, -0.15) is 0 Å². The van der Waals surface area contributed by atoms with Crippen LogP contribution in [0.3, 0.4) is 0 Å². The van der Waals surface area contributed by atoms with Crippen LogP contribution < -0.4 is 5.32 Å². The fraction of sp³-hybridized carbons (Fsp3) is 0.0667. The first-order valence-electron chi connectivity index (χ1n) is 6.27. The molecule has 0 radical (unpaired) electrons. The van der Waals surface area contributed by atoms with Crippen LogP contribution in [0.15, 0.2) is 42.5 Å². The minimum absolute atomic E-state index is 0.0724. The van der Waals surface area contributed by atoms with Gasteiger partial charge in [0.1, 0.15) is 5.75 Å². The molecule has 0 aliphatic heterocycles. The Bertz CT molecular complexity index is 842. The lowest BCUT2D eigenvalue weighted by Gasteiger charge is -2.06. The number of hydrogen-bond acceptors (Lipinski definition) is 3. The van der Waals surface area contributed by atoms with Crippen molar-refractivity contribution in [3.8, 4) is 5.75 Å². The third-order valence-electron chi connectivity index (χ3n) is 3.22. The zero-order chi connectivity index (χ0) is 15.0. The fourth-order valence-electron chi connectivity index (χ4n) is 2.12. The quantitative estimate of drug-likeness (QED) is 0.764. The molecule has 0 spiro atoms. The number of imidazole rings is 1. The van der Waals surface area contributed by atoms with E-state index in [0.717, 1.165) is 5.52 Å². The summed E-state index contributed by atoms with van der Waals surface area (Å²) < 4.78 is 1.75. The Balaban J connectivity index is 1.97. The van der Waals surface area contributed by atoms with E-state index in [0.29, 0.717) is 16.5 Å². The van der Waals surface area contributed by atoms with Gasteiger partial charge in [0.15, 0.2) is 0 Å². The van der Waals surface area contributed by atoms with E-state index < -0.39 is 5.91 Å². The maximum atomic E-state index is 12.2. The van der Waals surface area contributed by atoms with E-state index in [1.165, 1.54) is 6.07 Å². The number of para-hydroxylation sites is 1. The molecule has 3 rings (SSSR count). The summed E-state index contributed by atoms with van der Waals surface area (Å²) in [6.45, 7) is 0. The van der Waals surface area contributed by atoms with E-state index in [-0.39, 0.29) is 11.3 Å². The van der Waals surface area contributed by atoms with Crippen LogP contribution in [0.5, 0.6) is 5.75 Å². The largest absolute Gasteiger partial charge is 0.507 e. The van der Waals surface area contributed by atoms with Gasteiger partial charge in [-0.1, -0.05) is 23.7 Å². The van der Waals surface area contributed by atoms with Gasteiger partial charge >= 0.3 is 0 Å². The Morgan fingerprint density at radius 2 is 2.05 bits per heavy atom. The Morgan fingerprint density at radius 3 is 2.81 bits per heavy atom. The van der Waals surface area contributed by atoms with Crippen molar-refractivity contribution in [1.82, 2.24) is 9.55 Å². The Morgan fingerprint density at radius 1 is 1.29 bits per heavy atom. The summed E-state index contributed by atoms with van der Waals surface area (Å²) in [5, 5.41) is 13.0. The normalized spacial score (nSPS) is 10.8. The number of nitrogens with zero attached hydrogens (tertiary/aromatic N) is 2. The Kier molecular flexibility index (Phi) is 3.27. The Hall–Kier alpha value is -2.53. The maximum absolute atomic E-state index is 12.2. The van der Waals surface area contributed by atoms with Gasteiger partial charge in [0, 0.05) is 12.1 Å². The molecule has 0 atom stereocenters. The third kappa shape index (κ3) is 2.43. The molecule has 0 bridgehead atoms. The van der Waals surface area contributed by atoms with Crippen LogP contribution in [0, 0.1) is 0 Å². The molecule has 1 heterocycles. The SMILES string of the molecule is Cn1c(NC(=O)c2ccccc2O)nc2cc(Cl)ccc21. The van der Waals surface area contributed by atoms with Crippen molar-refractivity contribution in [3.05, 3.63) is 53.1 Å². The molecular formula is C15H12ClN3O2. The molecule has 0 unspecified atom stereocenters. The molecule has 1 aromatic heterocycles. The number of carbonyl (C=O) groups excluding carboxylic acids is 1. The molecule has 6 heteroatoms. The van der Waals surface area contributed by atoms with Gasteiger partial charge in [-0.25, -0.2) is 4.98 Å². The maximum Gasteiger partial charge on any atom is 0.261 e. The molecule has 3 aromatic rings. The molecule has 1 amide bonds. The number of anilines is 1. The van der Waals surface area contributed by atoms with Crippen molar-refractivity contribution in [3.63, 3.8) is 0 Å². The van der Waals surface area contributed by atoms with Crippen LogP contribution in [0.1, 0.15) is 10.4 Å². The van der Waals surface area contributed by atoms with E-state index in [2.05, 4.69) is 10.3 Å². The molecule has 106 valence electrons. The lowest BCUT2D eigenvalue weighted by molar-refractivity contribution is 0.102. The van der Waals surface area contributed by atoms with Crippen molar-refractivity contribution in [2.75, 3.05) is 5.32 Å². The van der Waals surface area contributed by atoms with Crippen LogP contribution in [0.2, 0.25) is 5.02 Å². The van der Waals surface area contributed by atoms with Gasteiger partial charge in [0.2, 0.25) is 5.95 Å². The molecule has 0 saturated heterocycles. The lowest BCUT2D eigenvalue weighted by atomic mass is 10.2. The molecular weight excluding hydrogens is 290 g/mol. The third-order valence-corrected chi connectivity index (χ3v) is 3.45. The van der Waals surface area contributed by atoms with Crippen molar-refractivity contribution < 1.29 is 9.90 Å². The van der Waals surface area contributed by atoms with Gasteiger partial charge in [0.25, 0.3) is 5.91 Å². The van der Waals surface area contributed by atoms with Crippen molar-refractivity contribution in [2.24, 2.45) is 7.05 Å². The fourth-order valence-corrected chi connectivity index (χ4v) is 2.29. The number of rotatable bonds is 2. The second-order valence-corrected chi connectivity index (χ2v) is 5.04. The molecule has 2 aromatic carbocycles. The molecule has 5 nitrogen and oxygen atoms in total. The molecule has 0 aliphatic carbocycles. The van der Waals surface area contributed by atoms with E-state index in [1.54, 1.807) is 41.9 Å². The van der Waals surface area contributed by atoms with E-state index in [1.807, 2.05) is 6.07 Å². The highest BCUT2D eigenvalue weighted by molar-refractivity contribution is 6.31. The minimum atomic E-state index is -0.419. The van der Waals surface area contributed by atoms with Gasteiger partial charge in [0.05, 0.1) is 16.6 Å². The van der Waals surface area contributed by atoms with Crippen LogP contribution >= 0.6 is 11.6 Å². The van der Waals surface area contributed by atoms with E-state index in [9.17, 15) is 9.90 Å². The van der Waals surface area contributed by atoms with Crippen molar-refractivity contribution >= 4 is 34.5 Å². The topological polar surface area (TPSA) is 67.2 Å². The summed E-state index contributed by atoms with van der Waals surface area (Å²) in [6.07, 6.45) is 0. The minimum Gasteiger partial charge on any atom is -0.507 e. The predicted molar refractivity (Wildman–Crippen MR) is 81.8 cm³/mol. The Labute approximate surface area is 125 Å². The van der Waals surface area contributed by atoms with Gasteiger partial charge in [-0.15, -0.1) is 0 Å². The van der Waals surface area contributed by atoms with Crippen molar-refractivity contribution in [1.29, 1.82) is 0 Å². The lowest BCUT2D eigenvalue weighted by Crippen LogP contribution is -2.15. The van der Waals surface area contributed by atoms with Crippen molar-refractivity contribution in [2.45, 2.75) is 0 Å². The standard InChI is InChI=1S/C15H12ClN3O2/c1-19-12-7-6-9(16)8-11(12)17-15(19)18-14(21)10-4-2-3-5-13(10)20/h2-8,20H,1H3,(H,17,18,21). The molecule has 21 heavy (non-hydrogen) atoms. The predicted octanol–water partition coefficient (Wildman–Crippen LogP) is 3.18.